The van der Waals surface area contributed by atoms with E-state index in [0.29, 0.717) is 12.8 Å². The van der Waals surface area contributed by atoms with Crippen molar-refractivity contribution in [1.82, 2.24) is 10.2 Å². The molecule has 182 valence electrons. The average molecular weight is 453 g/mol. The van der Waals surface area contributed by atoms with E-state index in [-0.39, 0.29) is 36.9 Å². The number of rotatable bonds is 7. The molecule has 0 aliphatic carbocycles. The Morgan fingerprint density at radius 3 is 2.47 bits per heavy atom. The number of aliphatic hydroxyl groups excluding tert-OH is 1. The van der Waals surface area contributed by atoms with E-state index in [1.165, 1.54) is 4.90 Å². The van der Waals surface area contributed by atoms with Gasteiger partial charge in [-0.25, -0.2) is 0 Å². The maximum atomic E-state index is 13.9. The van der Waals surface area contributed by atoms with E-state index in [1.807, 2.05) is 48.5 Å². The zero-order valence-electron chi connectivity index (χ0n) is 20.7. The normalized spacial score (nSPS) is 37.1. The second-order valence-corrected chi connectivity index (χ2v) is 11.4. The molecule has 3 saturated heterocycles. The van der Waals surface area contributed by atoms with Crippen LogP contribution in [0.3, 0.4) is 0 Å². The third-order valence-electron chi connectivity index (χ3n) is 7.39. The lowest BCUT2D eigenvalue weighted by atomic mass is 9.62. The summed E-state index contributed by atoms with van der Waals surface area (Å²) in [5.41, 5.74) is -2.52. The first kappa shape index (κ1) is 25.0. The number of likely N-dealkylation sites (tertiary alicyclic amines) is 1. The lowest BCUT2D eigenvalue weighted by molar-refractivity contribution is -0.162. The van der Waals surface area contributed by atoms with E-state index in [0.717, 1.165) is 0 Å². The maximum Gasteiger partial charge on any atom is 0.312 e. The molecule has 0 aromatic heterocycles. The first-order valence-corrected chi connectivity index (χ1v) is 11.8. The van der Waals surface area contributed by atoms with Crippen LogP contribution in [0.5, 0.6) is 0 Å². The Kier molecular flexibility index (Phi) is 6.46. The Hall–Kier alpha value is -1.67. The molecule has 3 heterocycles. The van der Waals surface area contributed by atoms with Crippen LogP contribution in [0.25, 0.3) is 0 Å². The van der Waals surface area contributed by atoms with Gasteiger partial charge in [0.2, 0.25) is 11.8 Å². The summed E-state index contributed by atoms with van der Waals surface area (Å²) < 4.78 is 12.0. The first-order chi connectivity index (χ1) is 14.7. The van der Waals surface area contributed by atoms with E-state index in [2.05, 4.69) is 5.32 Å². The summed E-state index contributed by atoms with van der Waals surface area (Å²) >= 11 is 0. The third-order valence-corrected chi connectivity index (χ3v) is 7.39. The van der Waals surface area contributed by atoms with Crippen LogP contribution >= 0.6 is 0 Å². The highest BCUT2D eigenvalue weighted by molar-refractivity contribution is 5.99. The van der Waals surface area contributed by atoms with Crippen LogP contribution < -0.4 is 5.32 Å². The van der Waals surface area contributed by atoms with E-state index < -0.39 is 46.6 Å². The number of ether oxygens (including phenoxy) is 2. The Bertz CT molecular complexity index is 777. The summed E-state index contributed by atoms with van der Waals surface area (Å²) in [7, 11) is 0. The van der Waals surface area contributed by atoms with E-state index in [9.17, 15) is 19.5 Å². The van der Waals surface area contributed by atoms with E-state index >= 15 is 0 Å². The van der Waals surface area contributed by atoms with Crippen molar-refractivity contribution in [2.75, 3.05) is 13.2 Å². The molecule has 2 bridgehead atoms. The smallest absolute Gasteiger partial charge is 0.312 e. The number of fused-ring (bicyclic) bond motifs is 1. The van der Waals surface area contributed by atoms with Gasteiger partial charge in [-0.1, -0.05) is 20.8 Å². The molecule has 1 spiro atoms. The number of hydrogen-bond donors (Lipinski definition) is 2. The molecular formula is C24H40N2O6. The fraction of sp³-hybridized carbons (Fsp3) is 0.875. The van der Waals surface area contributed by atoms with Crippen LogP contribution in [-0.4, -0.2) is 69.8 Å². The number of nitrogens with zero attached hydrogens (tertiary/aromatic N) is 1. The SMILES string of the molecule is CCOC(=O)[C@@H]1[C@H]2C(=O)N([C@@H](CO)CC(C)C)C(C(=O)NC(C)(C)C)C23CC(C)[C@@]1(C)O3. The van der Waals surface area contributed by atoms with Crippen molar-refractivity contribution in [1.29, 1.82) is 0 Å². The summed E-state index contributed by atoms with van der Waals surface area (Å²) in [6, 6.07) is -1.45. The summed E-state index contributed by atoms with van der Waals surface area (Å²) in [5, 5.41) is 13.2. The molecule has 8 nitrogen and oxygen atoms in total. The van der Waals surface area contributed by atoms with Gasteiger partial charge in [0.15, 0.2) is 0 Å². The Labute approximate surface area is 191 Å². The predicted octanol–water partition coefficient (Wildman–Crippen LogP) is 1.88. The largest absolute Gasteiger partial charge is 0.466 e. The van der Waals surface area contributed by atoms with Crippen LogP contribution in [0.15, 0.2) is 0 Å². The zero-order chi connectivity index (χ0) is 24.2. The van der Waals surface area contributed by atoms with Crippen LogP contribution in [-0.2, 0) is 23.9 Å². The van der Waals surface area contributed by atoms with Crippen molar-refractivity contribution in [2.45, 2.75) is 97.1 Å². The van der Waals surface area contributed by atoms with Gasteiger partial charge in [0, 0.05) is 5.54 Å². The van der Waals surface area contributed by atoms with Gasteiger partial charge in [-0.3, -0.25) is 14.4 Å². The molecule has 2 N–H and O–H groups in total. The minimum Gasteiger partial charge on any atom is -0.466 e. The van der Waals surface area contributed by atoms with Crippen LogP contribution in [0.1, 0.15) is 68.2 Å². The average Bonchev–Trinajstić information content (AvgIpc) is 3.15. The van der Waals surface area contributed by atoms with Crippen molar-refractivity contribution in [3.8, 4) is 0 Å². The molecule has 3 rings (SSSR count). The number of esters is 1. The number of amides is 2. The Morgan fingerprint density at radius 1 is 1.34 bits per heavy atom. The molecule has 3 aliphatic heterocycles. The third kappa shape index (κ3) is 3.73. The van der Waals surface area contributed by atoms with E-state index in [1.54, 1.807) is 6.92 Å². The van der Waals surface area contributed by atoms with Crippen molar-refractivity contribution in [2.24, 2.45) is 23.7 Å². The number of carbonyl (C=O) groups is 3. The minimum absolute atomic E-state index is 0.0384. The monoisotopic (exact) mass is 452 g/mol. The molecule has 8 heteroatoms. The van der Waals surface area contributed by atoms with Gasteiger partial charge in [-0.2, -0.15) is 0 Å². The zero-order valence-corrected chi connectivity index (χ0v) is 20.7. The summed E-state index contributed by atoms with van der Waals surface area (Å²) in [6.45, 7) is 15.2. The highest BCUT2D eigenvalue weighted by Crippen LogP contribution is 2.65. The lowest BCUT2D eigenvalue weighted by Gasteiger charge is -2.39. The first-order valence-electron chi connectivity index (χ1n) is 11.8. The fourth-order valence-electron chi connectivity index (χ4n) is 6.22. The highest BCUT2D eigenvalue weighted by atomic mass is 16.6. The number of hydrogen-bond acceptors (Lipinski definition) is 6. The van der Waals surface area contributed by atoms with Gasteiger partial charge in [0.05, 0.1) is 30.8 Å². The molecule has 7 atom stereocenters. The molecule has 0 saturated carbocycles. The van der Waals surface area contributed by atoms with Crippen molar-refractivity contribution < 1.29 is 29.0 Å². The van der Waals surface area contributed by atoms with Gasteiger partial charge < -0.3 is 24.8 Å². The summed E-state index contributed by atoms with van der Waals surface area (Å²) in [4.78, 5) is 42.2. The molecule has 2 amide bonds. The molecular weight excluding hydrogens is 412 g/mol. The van der Waals surface area contributed by atoms with Gasteiger partial charge in [-0.15, -0.1) is 0 Å². The minimum atomic E-state index is -1.12. The molecule has 0 aromatic rings. The standard InChI is InChI=1S/C24H40N2O6/c1-9-31-21(30)17-16-20(29)26(15(12-27)10-13(2)3)18(19(28)25-22(5,6)7)24(16)11-14(4)23(17,8)32-24/h13-18,27H,9-12H2,1-8H3,(H,25,28)/t14?,15-,16+,17+,18?,23-,24?/m1/s1. The van der Waals surface area contributed by atoms with Gasteiger partial charge in [0.25, 0.3) is 0 Å². The second kappa shape index (κ2) is 8.28. The van der Waals surface area contributed by atoms with E-state index in [4.69, 9.17) is 9.47 Å². The lowest BCUT2D eigenvalue weighted by Crippen LogP contribution is -2.60. The number of aliphatic hydroxyl groups is 1. The summed E-state index contributed by atoms with van der Waals surface area (Å²) in [5.74, 6) is -2.49. The van der Waals surface area contributed by atoms with Gasteiger partial charge in [-0.05, 0) is 59.3 Å². The van der Waals surface area contributed by atoms with Crippen molar-refractivity contribution >= 4 is 17.8 Å². The molecule has 32 heavy (non-hydrogen) atoms. The summed E-state index contributed by atoms with van der Waals surface area (Å²) in [6.07, 6.45) is 1.04. The Morgan fingerprint density at radius 2 is 1.97 bits per heavy atom. The quantitative estimate of drug-likeness (QED) is 0.572. The van der Waals surface area contributed by atoms with Gasteiger partial charge in [0.1, 0.15) is 17.6 Å². The maximum absolute atomic E-state index is 13.9. The molecule has 0 radical (unpaired) electrons. The number of nitrogens with one attached hydrogen (secondary N) is 1. The van der Waals surface area contributed by atoms with Gasteiger partial charge >= 0.3 is 5.97 Å². The molecule has 3 fully saturated rings. The number of carbonyl (C=O) groups excluding carboxylic acids is 3. The molecule has 0 aromatic carbocycles. The topological polar surface area (TPSA) is 105 Å². The van der Waals surface area contributed by atoms with Crippen LogP contribution in [0, 0.1) is 23.7 Å². The van der Waals surface area contributed by atoms with Crippen LogP contribution in [0.4, 0.5) is 0 Å². The fourth-order valence-corrected chi connectivity index (χ4v) is 6.22. The van der Waals surface area contributed by atoms with Crippen molar-refractivity contribution in [3.05, 3.63) is 0 Å². The van der Waals surface area contributed by atoms with Crippen LogP contribution in [0.2, 0.25) is 0 Å². The molecule has 3 unspecified atom stereocenters. The Balaban J connectivity index is 2.14. The van der Waals surface area contributed by atoms with Crippen molar-refractivity contribution in [3.63, 3.8) is 0 Å². The highest BCUT2D eigenvalue weighted by Gasteiger charge is 2.80. The predicted molar refractivity (Wildman–Crippen MR) is 118 cm³/mol. The second-order valence-electron chi connectivity index (χ2n) is 11.4. The molecule has 3 aliphatic rings.